The Morgan fingerprint density at radius 2 is 1.83 bits per heavy atom. The van der Waals surface area contributed by atoms with Gasteiger partial charge in [-0.1, -0.05) is 12.1 Å². The van der Waals surface area contributed by atoms with Gasteiger partial charge in [-0.25, -0.2) is 15.0 Å². The van der Waals surface area contributed by atoms with Crippen LogP contribution in [0.5, 0.6) is 0 Å². The Balaban J connectivity index is 1.55. The van der Waals surface area contributed by atoms with E-state index in [1.165, 1.54) is 12.1 Å². The number of hydrogen-bond donors (Lipinski definition) is 0. The quantitative estimate of drug-likeness (QED) is 0.484. The van der Waals surface area contributed by atoms with Crippen LogP contribution in [0.25, 0.3) is 11.4 Å². The molecule has 0 aliphatic carbocycles. The topological polar surface area (TPSA) is 112 Å². The maximum absolute atomic E-state index is 11.1. The van der Waals surface area contributed by atoms with Crippen LogP contribution in [0.15, 0.2) is 48.7 Å². The standard InChI is InChI=1S/C21H19N7O2/c1-15-12-19(25-20(24-15)16-4-2-6-18(13-16)28(29)30)26-8-10-27(11-9-26)21-17(14-22)5-3-7-23-21/h2-7,12-13H,8-11H2,1H3. The Kier molecular flexibility index (Phi) is 5.22. The minimum absolute atomic E-state index is 0.0106. The van der Waals surface area contributed by atoms with Gasteiger partial charge in [0.05, 0.1) is 10.5 Å². The van der Waals surface area contributed by atoms with Crippen LogP contribution in [0.2, 0.25) is 0 Å². The third-order valence-corrected chi connectivity index (χ3v) is 4.97. The molecule has 0 N–H and O–H groups in total. The lowest BCUT2D eigenvalue weighted by atomic mass is 10.2. The predicted molar refractivity (Wildman–Crippen MR) is 112 cm³/mol. The van der Waals surface area contributed by atoms with Gasteiger partial charge < -0.3 is 9.80 Å². The van der Waals surface area contributed by atoms with Gasteiger partial charge in [-0.15, -0.1) is 0 Å². The van der Waals surface area contributed by atoms with Gasteiger partial charge in [-0.05, 0) is 19.1 Å². The second-order valence-corrected chi connectivity index (χ2v) is 6.96. The minimum Gasteiger partial charge on any atom is -0.353 e. The van der Waals surface area contributed by atoms with E-state index < -0.39 is 4.92 Å². The third kappa shape index (κ3) is 3.89. The van der Waals surface area contributed by atoms with Crippen LogP contribution < -0.4 is 9.80 Å². The van der Waals surface area contributed by atoms with Crippen LogP contribution in [0, 0.1) is 28.4 Å². The molecular weight excluding hydrogens is 382 g/mol. The van der Waals surface area contributed by atoms with Gasteiger partial charge in [0.25, 0.3) is 5.69 Å². The van der Waals surface area contributed by atoms with Crippen LogP contribution in [0.1, 0.15) is 11.3 Å². The van der Waals surface area contributed by atoms with Crippen molar-refractivity contribution < 1.29 is 4.92 Å². The van der Waals surface area contributed by atoms with Crippen molar-refractivity contribution in [1.82, 2.24) is 15.0 Å². The van der Waals surface area contributed by atoms with E-state index in [-0.39, 0.29) is 5.69 Å². The zero-order chi connectivity index (χ0) is 21.1. The molecule has 0 radical (unpaired) electrons. The molecule has 0 atom stereocenters. The molecule has 0 amide bonds. The molecule has 4 rings (SSSR count). The first-order chi connectivity index (χ1) is 14.5. The van der Waals surface area contributed by atoms with E-state index in [2.05, 4.69) is 30.8 Å². The van der Waals surface area contributed by atoms with Gasteiger partial charge >= 0.3 is 0 Å². The maximum atomic E-state index is 11.1. The number of non-ortho nitro benzene ring substituents is 1. The number of benzene rings is 1. The van der Waals surface area contributed by atoms with E-state index >= 15 is 0 Å². The lowest BCUT2D eigenvalue weighted by molar-refractivity contribution is -0.384. The highest BCUT2D eigenvalue weighted by Crippen LogP contribution is 2.25. The second-order valence-electron chi connectivity index (χ2n) is 6.96. The van der Waals surface area contributed by atoms with Crippen molar-refractivity contribution in [2.24, 2.45) is 0 Å². The molecule has 30 heavy (non-hydrogen) atoms. The number of nitro groups is 1. The number of rotatable bonds is 4. The van der Waals surface area contributed by atoms with Gasteiger partial charge in [0, 0.05) is 61.8 Å². The van der Waals surface area contributed by atoms with E-state index in [4.69, 9.17) is 0 Å². The van der Waals surface area contributed by atoms with Gasteiger partial charge in [-0.3, -0.25) is 10.1 Å². The molecule has 1 fully saturated rings. The van der Waals surface area contributed by atoms with Crippen LogP contribution >= 0.6 is 0 Å². The Hall–Kier alpha value is -4.06. The minimum atomic E-state index is -0.424. The third-order valence-electron chi connectivity index (χ3n) is 4.97. The number of anilines is 2. The number of pyridine rings is 1. The second kappa shape index (κ2) is 8.13. The first-order valence-corrected chi connectivity index (χ1v) is 9.50. The van der Waals surface area contributed by atoms with Crippen LogP contribution in [0.3, 0.4) is 0 Å². The van der Waals surface area contributed by atoms with Crippen molar-refractivity contribution in [3.05, 3.63) is 70.0 Å². The van der Waals surface area contributed by atoms with Crippen molar-refractivity contribution in [2.75, 3.05) is 36.0 Å². The molecule has 9 nitrogen and oxygen atoms in total. The number of piperazine rings is 1. The fourth-order valence-electron chi connectivity index (χ4n) is 3.49. The first-order valence-electron chi connectivity index (χ1n) is 9.50. The molecule has 9 heteroatoms. The molecule has 0 bridgehead atoms. The molecule has 0 unspecified atom stereocenters. The lowest BCUT2D eigenvalue weighted by Gasteiger charge is -2.36. The highest BCUT2D eigenvalue weighted by Gasteiger charge is 2.22. The zero-order valence-electron chi connectivity index (χ0n) is 16.4. The fourth-order valence-corrected chi connectivity index (χ4v) is 3.49. The van der Waals surface area contributed by atoms with Crippen LogP contribution in [-0.4, -0.2) is 46.1 Å². The predicted octanol–water partition coefficient (Wildman–Crippen LogP) is 2.95. The van der Waals surface area contributed by atoms with Gasteiger partial charge in [0.2, 0.25) is 0 Å². The van der Waals surface area contributed by atoms with Crippen molar-refractivity contribution in [2.45, 2.75) is 6.92 Å². The SMILES string of the molecule is Cc1cc(N2CCN(c3ncccc3C#N)CC2)nc(-c2cccc([N+](=O)[O-])c2)n1. The summed E-state index contributed by atoms with van der Waals surface area (Å²) in [5.41, 5.74) is 1.98. The summed E-state index contributed by atoms with van der Waals surface area (Å²) in [5.74, 6) is 1.95. The summed E-state index contributed by atoms with van der Waals surface area (Å²) >= 11 is 0. The van der Waals surface area contributed by atoms with Crippen molar-refractivity contribution in [3.63, 3.8) is 0 Å². The molecular formula is C21H19N7O2. The van der Waals surface area contributed by atoms with Gasteiger partial charge in [-0.2, -0.15) is 5.26 Å². The molecule has 0 spiro atoms. The van der Waals surface area contributed by atoms with Crippen molar-refractivity contribution in [3.8, 4) is 17.5 Å². The van der Waals surface area contributed by atoms with E-state index in [1.54, 1.807) is 30.5 Å². The average Bonchev–Trinajstić information content (AvgIpc) is 2.79. The first kappa shape index (κ1) is 19.3. The summed E-state index contributed by atoms with van der Waals surface area (Å²) in [7, 11) is 0. The molecule has 1 aromatic carbocycles. The highest BCUT2D eigenvalue weighted by atomic mass is 16.6. The molecule has 150 valence electrons. The van der Waals surface area contributed by atoms with Crippen LogP contribution in [0.4, 0.5) is 17.3 Å². The molecule has 3 aromatic rings. The fraction of sp³-hybridized carbons (Fsp3) is 0.238. The molecule has 1 saturated heterocycles. The summed E-state index contributed by atoms with van der Waals surface area (Å²) in [6, 6.07) is 14.0. The highest BCUT2D eigenvalue weighted by molar-refractivity contribution is 5.62. The normalized spacial score (nSPS) is 13.7. The molecule has 2 aromatic heterocycles. The van der Waals surface area contributed by atoms with Crippen molar-refractivity contribution in [1.29, 1.82) is 5.26 Å². The van der Waals surface area contributed by atoms with E-state index in [0.29, 0.717) is 48.9 Å². The van der Waals surface area contributed by atoms with E-state index in [0.717, 1.165) is 11.5 Å². The molecule has 0 saturated carbocycles. The zero-order valence-corrected chi connectivity index (χ0v) is 16.4. The number of aryl methyl sites for hydroxylation is 1. The smallest absolute Gasteiger partial charge is 0.270 e. The molecule has 1 aliphatic heterocycles. The summed E-state index contributed by atoms with van der Waals surface area (Å²) in [4.78, 5) is 28.4. The van der Waals surface area contributed by atoms with Crippen LogP contribution in [-0.2, 0) is 0 Å². The van der Waals surface area contributed by atoms with Gasteiger partial charge in [0.1, 0.15) is 17.7 Å². The van der Waals surface area contributed by atoms with E-state index in [9.17, 15) is 15.4 Å². The Labute approximate surface area is 173 Å². The number of aromatic nitrogens is 3. The summed E-state index contributed by atoms with van der Waals surface area (Å²) in [5, 5.41) is 20.4. The Morgan fingerprint density at radius 1 is 1.07 bits per heavy atom. The summed E-state index contributed by atoms with van der Waals surface area (Å²) < 4.78 is 0. The Bertz CT molecular complexity index is 1130. The lowest BCUT2D eigenvalue weighted by Crippen LogP contribution is -2.47. The summed E-state index contributed by atoms with van der Waals surface area (Å²) in [6.07, 6.45) is 1.70. The largest absolute Gasteiger partial charge is 0.353 e. The monoisotopic (exact) mass is 401 g/mol. The average molecular weight is 401 g/mol. The number of hydrogen-bond acceptors (Lipinski definition) is 8. The molecule has 3 heterocycles. The Morgan fingerprint density at radius 3 is 2.57 bits per heavy atom. The van der Waals surface area contributed by atoms with Gasteiger partial charge in [0.15, 0.2) is 5.82 Å². The number of nitrogens with zero attached hydrogens (tertiary/aromatic N) is 7. The molecule has 1 aliphatic rings. The van der Waals surface area contributed by atoms with E-state index in [1.807, 2.05) is 13.0 Å². The number of nitro benzene ring substituents is 1. The van der Waals surface area contributed by atoms with Crippen molar-refractivity contribution >= 4 is 17.3 Å². The summed E-state index contributed by atoms with van der Waals surface area (Å²) in [6.45, 7) is 4.73. The number of nitriles is 1. The maximum Gasteiger partial charge on any atom is 0.270 e.